The predicted molar refractivity (Wildman–Crippen MR) is 70.9 cm³/mol. The fourth-order valence-electron chi connectivity index (χ4n) is 1.52. The highest BCUT2D eigenvalue weighted by molar-refractivity contribution is 5.63. The van der Waals surface area contributed by atoms with Crippen molar-refractivity contribution in [1.29, 1.82) is 0 Å². The third-order valence-electron chi connectivity index (χ3n) is 2.29. The maximum atomic E-state index is 5.89. The van der Waals surface area contributed by atoms with Gasteiger partial charge in [0, 0.05) is 0 Å². The summed E-state index contributed by atoms with van der Waals surface area (Å²) in [7, 11) is 0. The molecule has 0 saturated heterocycles. The molecule has 0 aliphatic heterocycles. The zero-order valence-corrected chi connectivity index (χ0v) is 11.1. The Morgan fingerprint density at radius 3 is 2.31 bits per heavy atom. The number of rotatable bonds is 3. The topological polar surface area (TPSA) is 9.23 Å². The Bertz CT molecular complexity index is 383. The molecule has 1 rings (SSSR count). The van der Waals surface area contributed by atoms with Gasteiger partial charge in [-0.3, -0.25) is 0 Å². The van der Waals surface area contributed by atoms with Gasteiger partial charge in [0.15, 0.2) is 0 Å². The molecule has 0 spiro atoms. The van der Waals surface area contributed by atoms with E-state index >= 15 is 0 Å². The Balaban J connectivity index is 3.09. The molecule has 0 fully saturated rings. The highest BCUT2D eigenvalue weighted by Crippen LogP contribution is 2.25. The molecule has 0 N–H and O–H groups in total. The highest BCUT2D eigenvalue weighted by atomic mass is 16.5. The Hall–Kier alpha value is -1.24. The SMILES string of the molecule is C=C(C)c1cc(CC)cc(OC(C)(C)C)c1. The molecule has 1 aromatic rings. The van der Waals surface area contributed by atoms with E-state index in [-0.39, 0.29) is 5.60 Å². The molecule has 0 radical (unpaired) electrons. The molecule has 16 heavy (non-hydrogen) atoms. The molecule has 0 aliphatic carbocycles. The van der Waals surface area contributed by atoms with E-state index < -0.39 is 0 Å². The minimum Gasteiger partial charge on any atom is -0.488 e. The van der Waals surface area contributed by atoms with Crippen molar-refractivity contribution >= 4 is 5.57 Å². The second kappa shape index (κ2) is 4.73. The average molecular weight is 218 g/mol. The third-order valence-corrected chi connectivity index (χ3v) is 2.29. The Morgan fingerprint density at radius 2 is 1.88 bits per heavy atom. The Morgan fingerprint density at radius 1 is 1.25 bits per heavy atom. The molecule has 1 aromatic carbocycles. The lowest BCUT2D eigenvalue weighted by molar-refractivity contribution is 0.131. The number of ether oxygens (including phenoxy) is 1. The van der Waals surface area contributed by atoms with E-state index in [1.54, 1.807) is 0 Å². The largest absolute Gasteiger partial charge is 0.488 e. The molecule has 1 heteroatoms. The van der Waals surface area contributed by atoms with Crippen LogP contribution in [0.3, 0.4) is 0 Å². The molecule has 0 aromatic heterocycles. The summed E-state index contributed by atoms with van der Waals surface area (Å²) in [5, 5.41) is 0. The van der Waals surface area contributed by atoms with Gasteiger partial charge in [0.05, 0.1) is 0 Å². The van der Waals surface area contributed by atoms with E-state index in [1.165, 1.54) is 11.1 Å². The normalized spacial score (nSPS) is 11.3. The smallest absolute Gasteiger partial charge is 0.120 e. The first-order valence-corrected chi connectivity index (χ1v) is 5.80. The van der Waals surface area contributed by atoms with Gasteiger partial charge in [-0.1, -0.05) is 25.1 Å². The van der Waals surface area contributed by atoms with Gasteiger partial charge >= 0.3 is 0 Å². The first-order chi connectivity index (χ1) is 7.31. The zero-order chi connectivity index (χ0) is 12.3. The summed E-state index contributed by atoms with van der Waals surface area (Å²) in [6, 6.07) is 6.35. The van der Waals surface area contributed by atoms with Gasteiger partial charge in [-0.25, -0.2) is 0 Å². The third kappa shape index (κ3) is 3.73. The first kappa shape index (κ1) is 12.8. The van der Waals surface area contributed by atoms with Gasteiger partial charge in [-0.05, 0) is 57.4 Å². The maximum absolute atomic E-state index is 5.89. The van der Waals surface area contributed by atoms with E-state index in [2.05, 4.69) is 52.5 Å². The monoisotopic (exact) mass is 218 g/mol. The van der Waals surface area contributed by atoms with Crippen LogP contribution < -0.4 is 4.74 Å². The van der Waals surface area contributed by atoms with Crippen LogP contribution >= 0.6 is 0 Å². The van der Waals surface area contributed by atoms with Crippen molar-refractivity contribution in [2.75, 3.05) is 0 Å². The summed E-state index contributed by atoms with van der Waals surface area (Å²) in [4.78, 5) is 0. The maximum Gasteiger partial charge on any atom is 0.120 e. The molecule has 88 valence electrons. The molecule has 0 aliphatic rings. The van der Waals surface area contributed by atoms with Crippen LogP contribution in [0.2, 0.25) is 0 Å². The molecule has 0 saturated carbocycles. The second-order valence-corrected chi connectivity index (χ2v) is 5.21. The number of hydrogen-bond acceptors (Lipinski definition) is 1. The highest BCUT2D eigenvalue weighted by Gasteiger charge is 2.12. The van der Waals surface area contributed by atoms with Gasteiger partial charge in [0.25, 0.3) is 0 Å². The van der Waals surface area contributed by atoms with Crippen LogP contribution in [0.5, 0.6) is 5.75 Å². The van der Waals surface area contributed by atoms with Crippen molar-refractivity contribution in [1.82, 2.24) is 0 Å². The minimum atomic E-state index is -0.154. The number of allylic oxidation sites excluding steroid dienone is 1. The summed E-state index contributed by atoms with van der Waals surface area (Å²) in [5.74, 6) is 0.935. The van der Waals surface area contributed by atoms with Gasteiger partial charge < -0.3 is 4.74 Å². The summed E-state index contributed by atoms with van der Waals surface area (Å²) in [5.41, 5.74) is 3.38. The quantitative estimate of drug-likeness (QED) is 0.728. The van der Waals surface area contributed by atoms with Crippen molar-refractivity contribution in [3.63, 3.8) is 0 Å². The van der Waals surface area contributed by atoms with Crippen LogP contribution in [0.1, 0.15) is 45.7 Å². The summed E-state index contributed by atoms with van der Waals surface area (Å²) >= 11 is 0. The number of hydrogen-bond donors (Lipinski definition) is 0. The number of aryl methyl sites for hydroxylation is 1. The standard InChI is InChI=1S/C15H22O/c1-7-12-8-13(11(2)3)10-14(9-12)16-15(4,5)6/h8-10H,2,7H2,1,3-6H3. The van der Waals surface area contributed by atoms with E-state index in [4.69, 9.17) is 4.74 Å². The zero-order valence-electron chi connectivity index (χ0n) is 11.1. The predicted octanol–water partition coefficient (Wildman–Crippen LogP) is 4.46. The fourth-order valence-corrected chi connectivity index (χ4v) is 1.52. The lowest BCUT2D eigenvalue weighted by Gasteiger charge is -2.22. The van der Waals surface area contributed by atoms with Crippen molar-refractivity contribution in [2.24, 2.45) is 0 Å². The molecule has 0 bridgehead atoms. The van der Waals surface area contributed by atoms with Crippen molar-refractivity contribution in [3.05, 3.63) is 35.9 Å². The average Bonchev–Trinajstić information content (AvgIpc) is 2.14. The van der Waals surface area contributed by atoms with E-state index in [0.29, 0.717) is 0 Å². The Labute approximate surface area is 99.1 Å². The van der Waals surface area contributed by atoms with Crippen LogP contribution in [-0.4, -0.2) is 5.60 Å². The lowest BCUT2D eigenvalue weighted by Crippen LogP contribution is -2.23. The minimum absolute atomic E-state index is 0.154. The van der Waals surface area contributed by atoms with Crippen molar-refractivity contribution < 1.29 is 4.74 Å². The number of benzene rings is 1. The molecule has 0 heterocycles. The molecular formula is C15H22O. The first-order valence-electron chi connectivity index (χ1n) is 5.80. The Kier molecular flexibility index (Phi) is 3.79. The fraction of sp³-hybridized carbons (Fsp3) is 0.467. The van der Waals surface area contributed by atoms with Gasteiger partial charge in [0.1, 0.15) is 11.4 Å². The van der Waals surface area contributed by atoms with Crippen molar-refractivity contribution in [3.8, 4) is 5.75 Å². The van der Waals surface area contributed by atoms with E-state index in [1.807, 2.05) is 6.92 Å². The molecule has 0 amide bonds. The molecule has 0 unspecified atom stereocenters. The summed E-state index contributed by atoms with van der Waals surface area (Å²) < 4.78 is 5.89. The van der Waals surface area contributed by atoms with Crippen LogP contribution in [0.15, 0.2) is 24.8 Å². The van der Waals surface area contributed by atoms with Crippen LogP contribution in [0, 0.1) is 0 Å². The summed E-state index contributed by atoms with van der Waals surface area (Å²) in [6.07, 6.45) is 1.02. The molecule has 1 nitrogen and oxygen atoms in total. The second-order valence-electron chi connectivity index (χ2n) is 5.21. The lowest BCUT2D eigenvalue weighted by atomic mass is 10.0. The van der Waals surface area contributed by atoms with Crippen LogP contribution in [0.4, 0.5) is 0 Å². The van der Waals surface area contributed by atoms with Gasteiger partial charge in [-0.2, -0.15) is 0 Å². The van der Waals surface area contributed by atoms with Gasteiger partial charge in [-0.15, -0.1) is 0 Å². The molecular weight excluding hydrogens is 196 g/mol. The van der Waals surface area contributed by atoms with Crippen LogP contribution in [0.25, 0.3) is 5.57 Å². The molecule has 0 atom stereocenters. The van der Waals surface area contributed by atoms with Crippen LogP contribution in [-0.2, 0) is 6.42 Å². The van der Waals surface area contributed by atoms with Gasteiger partial charge in [0.2, 0.25) is 0 Å². The van der Waals surface area contributed by atoms with Crippen molar-refractivity contribution in [2.45, 2.75) is 46.6 Å². The van der Waals surface area contributed by atoms with E-state index in [9.17, 15) is 0 Å². The summed E-state index contributed by atoms with van der Waals surface area (Å²) in [6.45, 7) is 14.3. The van der Waals surface area contributed by atoms with E-state index in [0.717, 1.165) is 17.7 Å².